The van der Waals surface area contributed by atoms with Crippen LogP contribution in [0.15, 0.2) is 35.5 Å². The molecule has 2 heterocycles. The molecule has 3 rings (SSSR count). The first-order valence-corrected chi connectivity index (χ1v) is 7.80. The van der Waals surface area contributed by atoms with Crippen LogP contribution in [0.4, 0.5) is 0 Å². The van der Waals surface area contributed by atoms with E-state index in [-0.39, 0.29) is 5.91 Å². The van der Waals surface area contributed by atoms with Crippen LogP contribution in [0.3, 0.4) is 0 Å². The van der Waals surface area contributed by atoms with E-state index < -0.39 is 0 Å². The van der Waals surface area contributed by atoms with Crippen molar-refractivity contribution in [3.8, 4) is 5.69 Å². The predicted octanol–water partition coefficient (Wildman–Crippen LogP) is 2.67. The number of halogens is 1. The Balaban J connectivity index is 1.86. The van der Waals surface area contributed by atoms with Crippen molar-refractivity contribution in [2.45, 2.75) is 6.92 Å². The van der Waals surface area contributed by atoms with Crippen molar-refractivity contribution < 1.29 is 4.79 Å². The molecule has 2 aromatic rings. The van der Waals surface area contributed by atoms with Gasteiger partial charge in [-0.3, -0.25) is 9.79 Å². The monoisotopic (exact) mass is 320 g/mol. The van der Waals surface area contributed by atoms with E-state index in [2.05, 4.69) is 15.4 Å². The number of nitrogens with one attached hydrogen (secondary N) is 1. The van der Waals surface area contributed by atoms with Gasteiger partial charge in [0.15, 0.2) is 5.17 Å². The number of rotatable bonds is 2. The van der Waals surface area contributed by atoms with E-state index in [1.807, 2.05) is 19.1 Å². The fraction of sp³-hybridized carbons (Fsp3) is 0.214. The van der Waals surface area contributed by atoms with Crippen LogP contribution in [0.2, 0.25) is 5.02 Å². The van der Waals surface area contributed by atoms with E-state index in [9.17, 15) is 4.79 Å². The Labute approximate surface area is 131 Å². The van der Waals surface area contributed by atoms with Crippen molar-refractivity contribution in [2.75, 3.05) is 12.3 Å². The molecule has 1 aromatic heterocycles. The second-order valence-electron chi connectivity index (χ2n) is 4.52. The Kier molecular flexibility index (Phi) is 3.98. The summed E-state index contributed by atoms with van der Waals surface area (Å²) in [6.07, 6.45) is 1.56. The first-order chi connectivity index (χ1) is 10.1. The molecule has 21 heavy (non-hydrogen) atoms. The molecule has 1 amide bonds. The van der Waals surface area contributed by atoms with Crippen molar-refractivity contribution in [2.24, 2.45) is 4.99 Å². The largest absolute Gasteiger partial charge is 0.301 e. The Morgan fingerprint density at radius 1 is 1.48 bits per heavy atom. The van der Waals surface area contributed by atoms with Gasteiger partial charge in [-0.2, -0.15) is 5.10 Å². The number of amidine groups is 1. The molecular weight excluding hydrogens is 308 g/mol. The number of aromatic nitrogens is 2. The molecule has 1 aliphatic rings. The number of amides is 1. The van der Waals surface area contributed by atoms with E-state index in [1.54, 1.807) is 34.8 Å². The average Bonchev–Trinajstić information content (AvgIpc) is 3.08. The van der Waals surface area contributed by atoms with Crippen molar-refractivity contribution in [3.63, 3.8) is 0 Å². The Morgan fingerprint density at radius 2 is 2.33 bits per heavy atom. The zero-order valence-electron chi connectivity index (χ0n) is 11.3. The maximum absolute atomic E-state index is 12.2. The van der Waals surface area contributed by atoms with Crippen LogP contribution in [0.5, 0.6) is 0 Å². The number of nitrogens with zero attached hydrogens (tertiary/aromatic N) is 3. The summed E-state index contributed by atoms with van der Waals surface area (Å²) in [5.74, 6) is 0.727. The van der Waals surface area contributed by atoms with Gasteiger partial charge in [-0.05, 0) is 25.1 Å². The highest BCUT2D eigenvalue weighted by molar-refractivity contribution is 8.14. The van der Waals surface area contributed by atoms with Gasteiger partial charge >= 0.3 is 0 Å². The average molecular weight is 321 g/mol. The van der Waals surface area contributed by atoms with Gasteiger partial charge in [0, 0.05) is 10.8 Å². The summed E-state index contributed by atoms with van der Waals surface area (Å²) in [6, 6.07) is 7.35. The highest BCUT2D eigenvalue weighted by Crippen LogP contribution is 2.18. The summed E-state index contributed by atoms with van der Waals surface area (Å²) < 4.78 is 1.70. The summed E-state index contributed by atoms with van der Waals surface area (Å²) in [7, 11) is 0. The highest BCUT2D eigenvalue weighted by atomic mass is 35.5. The number of aliphatic imine (C=N–C) groups is 1. The first kappa shape index (κ1) is 14.2. The lowest BCUT2D eigenvalue weighted by molar-refractivity contribution is 0.0977. The van der Waals surface area contributed by atoms with Crippen LogP contribution >= 0.6 is 23.4 Å². The number of benzene rings is 1. The van der Waals surface area contributed by atoms with E-state index in [0.29, 0.717) is 15.8 Å². The van der Waals surface area contributed by atoms with Crippen molar-refractivity contribution in [1.82, 2.24) is 15.1 Å². The molecule has 0 aliphatic carbocycles. The third kappa shape index (κ3) is 2.96. The SMILES string of the molecule is Cc1c(C(=O)NC2=NCCS2)cnn1-c1cccc(Cl)c1. The minimum atomic E-state index is -0.186. The summed E-state index contributed by atoms with van der Waals surface area (Å²) in [5.41, 5.74) is 2.12. The third-order valence-corrected chi connectivity index (χ3v) is 4.24. The number of carbonyl (C=O) groups excluding carboxylic acids is 1. The summed E-state index contributed by atoms with van der Waals surface area (Å²) >= 11 is 7.54. The van der Waals surface area contributed by atoms with Gasteiger partial charge in [0.05, 0.1) is 29.7 Å². The molecule has 0 saturated heterocycles. The van der Waals surface area contributed by atoms with E-state index in [1.165, 1.54) is 0 Å². The minimum Gasteiger partial charge on any atom is -0.301 e. The molecule has 1 N–H and O–H groups in total. The summed E-state index contributed by atoms with van der Waals surface area (Å²) in [6.45, 7) is 2.60. The van der Waals surface area contributed by atoms with Gasteiger partial charge in [0.2, 0.25) is 0 Å². The predicted molar refractivity (Wildman–Crippen MR) is 85.5 cm³/mol. The normalized spacial score (nSPS) is 14.1. The Morgan fingerprint density at radius 3 is 3.05 bits per heavy atom. The topological polar surface area (TPSA) is 59.3 Å². The maximum atomic E-state index is 12.2. The van der Waals surface area contributed by atoms with Crippen LogP contribution in [-0.4, -0.2) is 33.2 Å². The molecule has 1 aliphatic heterocycles. The van der Waals surface area contributed by atoms with E-state index in [0.717, 1.165) is 23.7 Å². The molecule has 108 valence electrons. The fourth-order valence-corrected chi connectivity index (χ4v) is 2.98. The standard InChI is InChI=1S/C14H13ClN4OS/c1-9-12(13(20)18-14-16-5-6-21-14)8-17-19(9)11-4-2-3-10(15)7-11/h2-4,7-8H,5-6H2,1H3,(H,16,18,20). The van der Waals surface area contributed by atoms with Crippen LogP contribution < -0.4 is 5.32 Å². The maximum Gasteiger partial charge on any atom is 0.260 e. The smallest absolute Gasteiger partial charge is 0.260 e. The number of thioether (sulfide) groups is 1. The summed E-state index contributed by atoms with van der Waals surface area (Å²) in [4.78, 5) is 16.5. The number of hydrogen-bond acceptors (Lipinski definition) is 4. The van der Waals surface area contributed by atoms with Crippen LogP contribution in [0.25, 0.3) is 5.69 Å². The molecule has 7 heteroatoms. The van der Waals surface area contributed by atoms with Gasteiger partial charge in [0.25, 0.3) is 5.91 Å². The van der Waals surface area contributed by atoms with Crippen LogP contribution in [0.1, 0.15) is 16.1 Å². The van der Waals surface area contributed by atoms with Gasteiger partial charge < -0.3 is 5.32 Å². The number of hydrogen-bond donors (Lipinski definition) is 1. The van der Waals surface area contributed by atoms with Crippen LogP contribution in [-0.2, 0) is 0 Å². The molecule has 0 bridgehead atoms. The van der Waals surface area contributed by atoms with Gasteiger partial charge in [-0.1, -0.05) is 29.4 Å². The Hall–Kier alpha value is -1.79. The lowest BCUT2D eigenvalue weighted by Crippen LogP contribution is -2.27. The fourth-order valence-electron chi connectivity index (χ4n) is 2.08. The minimum absolute atomic E-state index is 0.186. The molecule has 1 aromatic carbocycles. The molecule has 0 spiro atoms. The van der Waals surface area contributed by atoms with Crippen LogP contribution in [0, 0.1) is 6.92 Å². The second kappa shape index (κ2) is 5.91. The number of carbonyl (C=O) groups is 1. The molecule has 0 fully saturated rings. The van der Waals surface area contributed by atoms with Gasteiger partial charge in [-0.15, -0.1) is 0 Å². The van der Waals surface area contributed by atoms with E-state index >= 15 is 0 Å². The molecule has 0 saturated carbocycles. The van der Waals surface area contributed by atoms with Crippen molar-refractivity contribution >= 4 is 34.4 Å². The third-order valence-electron chi connectivity index (χ3n) is 3.11. The molecule has 0 unspecified atom stereocenters. The zero-order valence-corrected chi connectivity index (χ0v) is 12.9. The Bertz CT molecular complexity index is 726. The van der Waals surface area contributed by atoms with E-state index in [4.69, 9.17) is 11.6 Å². The van der Waals surface area contributed by atoms with Gasteiger partial charge in [0.1, 0.15) is 0 Å². The molecule has 0 radical (unpaired) electrons. The molecule has 0 atom stereocenters. The van der Waals surface area contributed by atoms with Crippen molar-refractivity contribution in [3.05, 3.63) is 46.7 Å². The quantitative estimate of drug-likeness (QED) is 0.925. The van der Waals surface area contributed by atoms with Gasteiger partial charge in [-0.25, -0.2) is 4.68 Å². The zero-order chi connectivity index (χ0) is 14.8. The molecular formula is C14H13ClN4OS. The van der Waals surface area contributed by atoms with Crippen molar-refractivity contribution in [1.29, 1.82) is 0 Å². The second-order valence-corrected chi connectivity index (χ2v) is 6.04. The lowest BCUT2D eigenvalue weighted by Gasteiger charge is -2.06. The first-order valence-electron chi connectivity index (χ1n) is 6.44. The highest BCUT2D eigenvalue weighted by Gasteiger charge is 2.18. The summed E-state index contributed by atoms with van der Waals surface area (Å²) in [5, 5.41) is 8.39. The molecule has 5 nitrogen and oxygen atoms in total. The lowest BCUT2D eigenvalue weighted by atomic mass is 10.2.